The molecule has 4 N–H and O–H groups in total. The standard InChI is InChI=1S/C17H26N8O/c1-12(2)23-17(26)24-14-7-5-13(6-8-14)9-19-16(18-3)20-10-15-21-11-22-25(15)4/h5-8,11-12H,9-10H2,1-4H3,(H2,18,19,20)(H2,23,24,26). The lowest BCUT2D eigenvalue weighted by molar-refractivity contribution is 0.250. The van der Waals surface area contributed by atoms with E-state index in [9.17, 15) is 4.79 Å². The number of hydrogen-bond donors (Lipinski definition) is 4. The first kappa shape index (κ1) is 19.2. The Labute approximate surface area is 153 Å². The summed E-state index contributed by atoms with van der Waals surface area (Å²) in [5.41, 5.74) is 1.82. The Kier molecular flexibility index (Phi) is 6.95. The Balaban J connectivity index is 1.80. The number of aliphatic imine (C=N–C) groups is 1. The van der Waals surface area contributed by atoms with Crippen molar-refractivity contribution in [1.82, 2.24) is 30.7 Å². The van der Waals surface area contributed by atoms with Crippen LogP contribution in [0.3, 0.4) is 0 Å². The second kappa shape index (κ2) is 9.40. The summed E-state index contributed by atoms with van der Waals surface area (Å²) < 4.78 is 1.71. The fourth-order valence-corrected chi connectivity index (χ4v) is 2.18. The van der Waals surface area contributed by atoms with Crippen LogP contribution >= 0.6 is 0 Å². The molecule has 0 atom stereocenters. The van der Waals surface area contributed by atoms with Crippen molar-refractivity contribution in [1.29, 1.82) is 0 Å². The van der Waals surface area contributed by atoms with Crippen molar-refractivity contribution in [3.63, 3.8) is 0 Å². The Hall–Kier alpha value is -3.10. The number of rotatable bonds is 6. The van der Waals surface area contributed by atoms with Crippen LogP contribution in [0, 0.1) is 0 Å². The van der Waals surface area contributed by atoms with E-state index >= 15 is 0 Å². The molecule has 2 amide bonds. The van der Waals surface area contributed by atoms with Gasteiger partial charge in [-0.1, -0.05) is 12.1 Å². The zero-order valence-corrected chi connectivity index (χ0v) is 15.6. The molecule has 26 heavy (non-hydrogen) atoms. The Morgan fingerprint density at radius 2 is 1.88 bits per heavy atom. The summed E-state index contributed by atoms with van der Waals surface area (Å²) in [4.78, 5) is 20.0. The molecule has 9 nitrogen and oxygen atoms in total. The highest BCUT2D eigenvalue weighted by molar-refractivity contribution is 5.89. The number of urea groups is 1. The van der Waals surface area contributed by atoms with Crippen LogP contribution in [0.1, 0.15) is 25.2 Å². The zero-order chi connectivity index (χ0) is 18.9. The molecule has 0 radical (unpaired) electrons. The first-order chi connectivity index (χ1) is 12.5. The monoisotopic (exact) mass is 358 g/mol. The van der Waals surface area contributed by atoms with Crippen LogP contribution in [0.15, 0.2) is 35.6 Å². The Morgan fingerprint density at radius 1 is 1.19 bits per heavy atom. The van der Waals surface area contributed by atoms with Crippen molar-refractivity contribution in [2.45, 2.75) is 33.0 Å². The molecule has 0 spiro atoms. The Morgan fingerprint density at radius 3 is 2.46 bits per heavy atom. The first-order valence-electron chi connectivity index (χ1n) is 8.41. The quantitative estimate of drug-likeness (QED) is 0.458. The summed E-state index contributed by atoms with van der Waals surface area (Å²) in [7, 11) is 3.56. The van der Waals surface area contributed by atoms with Crippen LogP contribution < -0.4 is 21.3 Å². The van der Waals surface area contributed by atoms with Crippen molar-refractivity contribution >= 4 is 17.7 Å². The summed E-state index contributed by atoms with van der Waals surface area (Å²) >= 11 is 0. The third-order valence-electron chi connectivity index (χ3n) is 3.53. The molecule has 0 saturated carbocycles. The Bertz CT molecular complexity index is 735. The van der Waals surface area contributed by atoms with E-state index in [0.717, 1.165) is 17.1 Å². The number of amides is 2. The number of nitrogens with one attached hydrogen (secondary N) is 4. The highest BCUT2D eigenvalue weighted by Crippen LogP contribution is 2.09. The first-order valence-corrected chi connectivity index (χ1v) is 8.41. The van der Waals surface area contributed by atoms with Gasteiger partial charge in [0.1, 0.15) is 12.2 Å². The van der Waals surface area contributed by atoms with Gasteiger partial charge in [-0.25, -0.2) is 9.78 Å². The average Bonchev–Trinajstić information content (AvgIpc) is 3.01. The normalized spacial score (nSPS) is 11.3. The van der Waals surface area contributed by atoms with Gasteiger partial charge in [-0.2, -0.15) is 5.10 Å². The molecule has 9 heteroatoms. The highest BCUT2D eigenvalue weighted by Gasteiger charge is 2.05. The van der Waals surface area contributed by atoms with E-state index < -0.39 is 0 Å². The molecule has 2 aromatic rings. The summed E-state index contributed by atoms with van der Waals surface area (Å²) in [6.07, 6.45) is 1.52. The lowest BCUT2D eigenvalue weighted by atomic mass is 10.2. The van der Waals surface area contributed by atoms with E-state index in [2.05, 4.69) is 36.3 Å². The molecule has 0 aliphatic carbocycles. The topological polar surface area (TPSA) is 108 Å². The molecule has 0 unspecified atom stereocenters. The van der Waals surface area contributed by atoms with E-state index in [0.29, 0.717) is 19.0 Å². The molecule has 1 heterocycles. The highest BCUT2D eigenvalue weighted by atomic mass is 16.2. The van der Waals surface area contributed by atoms with E-state index in [1.807, 2.05) is 45.2 Å². The number of aromatic nitrogens is 3. The van der Waals surface area contributed by atoms with Crippen LogP contribution in [0.5, 0.6) is 0 Å². The van der Waals surface area contributed by atoms with Crippen molar-refractivity contribution in [2.24, 2.45) is 12.0 Å². The molecule has 0 aliphatic heterocycles. The van der Waals surface area contributed by atoms with Crippen molar-refractivity contribution in [3.8, 4) is 0 Å². The molecular formula is C17H26N8O. The smallest absolute Gasteiger partial charge is 0.319 e. The maximum absolute atomic E-state index is 11.7. The lowest BCUT2D eigenvalue weighted by Crippen LogP contribution is -2.37. The number of hydrogen-bond acceptors (Lipinski definition) is 4. The third-order valence-corrected chi connectivity index (χ3v) is 3.53. The minimum absolute atomic E-state index is 0.0965. The molecular weight excluding hydrogens is 332 g/mol. The maximum Gasteiger partial charge on any atom is 0.319 e. The van der Waals surface area contributed by atoms with Gasteiger partial charge in [-0.15, -0.1) is 0 Å². The van der Waals surface area contributed by atoms with Crippen LogP contribution in [0.25, 0.3) is 0 Å². The molecule has 0 aliphatic rings. The fourth-order valence-electron chi connectivity index (χ4n) is 2.18. The van der Waals surface area contributed by atoms with Gasteiger partial charge >= 0.3 is 6.03 Å². The number of carbonyl (C=O) groups is 1. The molecule has 2 rings (SSSR count). The molecule has 0 bridgehead atoms. The number of carbonyl (C=O) groups excluding carboxylic acids is 1. The van der Waals surface area contributed by atoms with E-state index in [1.165, 1.54) is 6.33 Å². The predicted octanol–water partition coefficient (Wildman–Crippen LogP) is 1.21. The largest absolute Gasteiger partial charge is 0.352 e. The van der Waals surface area contributed by atoms with Gasteiger partial charge < -0.3 is 21.3 Å². The number of benzene rings is 1. The number of guanidine groups is 1. The van der Waals surface area contributed by atoms with Gasteiger partial charge in [0.05, 0.1) is 6.54 Å². The van der Waals surface area contributed by atoms with Gasteiger partial charge in [-0.05, 0) is 31.5 Å². The van der Waals surface area contributed by atoms with Crippen molar-refractivity contribution in [2.75, 3.05) is 12.4 Å². The average molecular weight is 358 g/mol. The van der Waals surface area contributed by atoms with Crippen LogP contribution in [-0.4, -0.2) is 39.8 Å². The second-order valence-electron chi connectivity index (χ2n) is 6.03. The van der Waals surface area contributed by atoms with Crippen LogP contribution in [0.4, 0.5) is 10.5 Å². The SMILES string of the molecule is CN=C(NCc1ccc(NC(=O)NC(C)C)cc1)NCc1ncnn1C. The van der Waals surface area contributed by atoms with Gasteiger partial charge in [0.15, 0.2) is 5.96 Å². The summed E-state index contributed by atoms with van der Waals surface area (Å²) in [5, 5.41) is 16.0. The van der Waals surface area contributed by atoms with E-state index in [-0.39, 0.29) is 12.1 Å². The second-order valence-corrected chi connectivity index (χ2v) is 6.03. The number of anilines is 1. The van der Waals surface area contributed by atoms with Gasteiger partial charge in [0, 0.05) is 32.4 Å². The zero-order valence-electron chi connectivity index (χ0n) is 15.6. The number of aryl methyl sites for hydroxylation is 1. The van der Waals surface area contributed by atoms with Gasteiger partial charge in [0.2, 0.25) is 0 Å². The molecule has 0 saturated heterocycles. The molecule has 1 aromatic heterocycles. The summed E-state index contributed by atoms with van der Waals surface area (Å²) in [5.74, 6) is 1.49. The molecule has 1 aromatic carbocycles. The minimum atomic E-state index is -0.209. The molecule has 140 valence electrons. The van der Waals surface area contributed by atoms with E-state index in [4.69, 9.17) is 0 Å². The van der Waals surface area contributed by atoms with Gasteiger partial charge in [-0.3, -0.25) is 9.67 Å². The summed E-state index contributed by atoms with van der Waals surface area (Å²) in [6.45, 7) is 4.97. The molecule has 0 fully saturated rings. The minimum Gasteiger partial charge on any atom is -0.352 e. The lowest BCUT2D eigenvalue weighted by Gasteiger charge is -2.12. The van der Waals surface area contributed by atoms with Crippen LogP contribution in [-0.2, 0) is 20.1 Å². The number of nitrogens with zero attached hydrogens (tertiary/aromatic N) is 4. The van der Waals surface area contributed by atoms with Gasteiger partial charge in [0.25, 0.3) is 0 Å². The summed E-state index contributed by atoms with van der Waals surface area (Å²) in [6, 6.07) is 7.53. The van der Waals surface area contributed by atoms with E-state index in [1.54, 1.807) is 11.7 Å². The fraction of sp³-hybridized carbons (Fsp3) is 0.412. The predicted molar refractivity (Wildman–Crippen MR) is 102 cm³/mol. The third kappa shape index (κ3) is 6.08. The maximum atomic E-state index is 11.7. The van der Waals surface area contributed by atoms with Crippen molar-refractivity contribution < 1.29 is 4.79 Å². The van der Waals surface area contributed by atoms with Crippen LogP contribution in [0.2, 0.25) is 0 Å². The van der Waals surface area contributed by atoms with Crippen molar-refractivity contribution in [3.05, 3.63) is 42.0 Å².